The Kier molecular flexibility index (Phi) is 5.10. The number of thiophene rings is 1. The fraction of sp³-hybridized carbons (Fsp3) is 0.191. The van der Waals surface area contributed by atoms with Crippen LogP contribution in [0.1, 0.15) is 54.6 Å². The first-order valence-electron chi connectivity index (χ1n) is 18.9. The van der Waals surface area contributed by atoms with E-state index in [0.29, 0.717) is 28.1 Å². The second-order valence-electron chi connectivity index (χ2n) is 16.3. The molecule has 0 bridgehead atoms. The van der Waals surface area contributed by atoms with Crippen LogP contribution in [0.5, 0.6) is 0 Å². The highest BCUT2D eigenvalue weighted by Crippen LogP contribution is 3.24. The van der Waals surface area contributed by atoms with Gasteiger partial charge in [-0.1, -0.05) is 98.8 Å². The lowest BCUT2D eigenvalue weighted by atomic mass is 9.82. The van der Waals surface area contributed by atoms with E-state index in [1.807, 2.05) is 11.3 Å². The summed E-state index contributed by atoms with van der Waals surface area (Å²) in [6.07, 6.45) is 6.74. The van der Waals surface area contributed by atoms with Gasteiger partial charge in [0.05, 0.1) is 41.6 Å². The van der Waals surface area contributed by atoms with Gasteiger partial charge in [0.2, 0.25) is 0 Å². The second-order valence-corrected chi connectivity index (χ2v) is 19.3. The van der Waals surface area contributed by atoms with Gasteiger partial charge in [0.1, 0.15) is 21.0 Å². The summed E-state index contributed by atoms with van der Waals surface area (Å²) in [4.78, 5) is 24.0. The molecule has 5 atom stereocenters. The zero-order valence-corrected chi connectivity index (χ0v) is 31.9. The van der Waals surface area contributed by atoms with E-state index in [0.717, 1.165) is 44.9 Å². The van der Waals surface area contributed by atoms with Gasteiger partial charge >= 0.3 is 0 Å². The molecule has 3 fully saturated rings. The Labute approximate surface area is 322 Å². The molecule has 4 heterocycles. The van der Waals surface area contributed by atoms with Crippen molar-refractivity contribution in [1.82, 2.24) is 19.9 Å². The molecule has 4 aromatic heterocycles. The molecule has 14 rings (SSSR count). The van der Waals surface area contributed by atoms with Gasteiger partial charge in [0.15, 0.2) is 0 Å². The van der Waals surface area contributed by atoms with E-state index in [2.05, 4.69) is 123 Å². The molecule has 256 valence electrons. The summed E-state index contributed by atoms with van der Waals surface area (Å²) in [6.45, 7) is 5.01. The number of allylic oxidation sites excluding steroid dienone is 1. The number of rotatable bonds is 4. The third kappa shape index (κ3) is 3.13. The van der Waals surface area contributed by atoms with E-state index in [1.54, 1.807) is 22.7 Å². The average Bonchev–Trinajstić information content (AvgIpc) is 3.70. The van der Waals surface area contributed by atoms with Crippen LogP contribution >= 0.6 is 34.0 Å². The summed E-state index contributed by atoms with van der Waals surface area (Å²) in [5, 5.41) is 4.61. The number of aromatic nitrogens is 4. The first-order chi connectivity index (χ1) is 26.5. The topological polar surface area (TPSA) is 51.6 Å². The van der Waals surface area contributed by atoms with Gasteiger partial charge in [0, 0.05) is 39.5 Å². The van der Waals surface area contributed by atoms with Crippen LogP contribution in [0.3, 0.4) is 0 Å². The molecule has 0 amide bonds. The predicted molar refractivity (Wildman–Crippen MR) is 225 cm³/mol. The van der Waals surface area contributed by atoms with Gasteiger partial charge in [-0.2, -0.15) is 0 Å². The van der Waals surface area contributed by atoms with Crippen LogP contribution in [-0.4, -0.2) is 19.9 Å². The van der Waals surface area contributed by atoms with E-state index in [1.165, 1.54) is 74.7 Å². The molecule has 5 aliphatic carbocycles. The van der Waals surface area contributed by atoms with Crippen LogP contribution in [0.2, 0.25) is 0 Å². The fourth-order valence-corrected chi connectivity index (χ4v) is 15.2. The number of hydrogen-bond donors (Lipinski definition) is 0. The number of hydrogen-bond acceptors (Lipinski definition) is 7. The van der Waals surface area contributed by atoms with Crippen molar-refractivity contribution in [3.05, 3.63) is 126 Å². The van der Waals surface area contributed by atoms with Crippen LogP contribution in [-0.2, 0) is 6.42 Å². The van der Waals surface area contributed by atoms with Gasteiger partial charge < -0.3 is 0 Å². The van der Waals surface area contributed by atoms with Crippen molar-refractivity contribution in [2.75, 3.05) is 0 Å². The molecule has 7 heteroatoms. The molecule has 9 aromatic rings. The standard InChI is InChI=1S/C47H30N4S3/c1-45-41-37-38(42-46(45,2)47(41,42)45)51-36-35(50-37)39(27-19-21-29(25-13-5-3-11-23(25)27)43-48-31-15-7-9-17-33(31)52-43)54-40(36)28-20-22-30(26-14-6-4-12-24(26)28)44-49-32-16-8-10-18-34(32)53-44/h3-5,7-13,15-22,41-42H,6,14H2,1-2H3. The number of fused-ring (bicyclic) bond motifs is 11. The van der Waals surface area contributed by atoms with Gasteiger partial charge in [-0.25, -0.2) is 19.9 Å². The third-order valence-corrected chi connectivity index (χ3v) is 17.8. The molecule has 3 saturated carbocycles. The summed E-state index contributed by atoms with van der Waals surface area (Å²) in [6, 6.07) is 35.1. The maximum Gasteiger partial charge on any atom is 0.125 e. The van der Waals surface area contributed by atoms with Crippen LogP contribution in [0.15, 0.2) is 103 Å². The molecule has 0 N–H and O–H groups in total. The van der Waals surface area contributed by atoms with Crippen molar-refractivity contribution in [1.29, 1.82) is 0 Å². The minimum Gasteiger partial charge on any atom is -0.247 e. The van der Waals surface area contributed by atoms with Crippen molar-refractivity contribution >= 4 is 82.3 Å². The summed E-state index contributed by atoms with van der Waals surface area (Å²) in [5.74, 6) is 1.15. The molecule has 4 nitrogen and oxygen atoms in total. The lowest BCUT2D eigenvalue weighted by molar-refractivity contribution is 0.372. The maximum atomic E-state index is 5.70. The van der Waals surface area contributed by atoms with E-state index in [9.17, 15) is 0 Å². The first-order valence-corrected chi connectivity index (χ1v) is 21.4. The number of thiazole rings is 2. The lowest BCUT2D eigenvalue weighted by Gasteiger charge is -2.25. The predicted octanol–water partition coefficient (Wildman–Crippen LogP) is 12.9. The summed E-state index contributed by atoms with van der Waals surface area (Å²) in [7, 11) is 0. The third-order valence-electron chi connectivity index (χ3n) is 14.4. The number of benzene rings is 5. The highest BCUT2D eigenvalue weighted by Gasteiger charge is 3.20. The minimum atomic E-state index is 0.435. The van der Waals surface area contributed by atoms with E-state index in [4.69, 9.17) is 19.9 Å². The lowest BCUT2D eigenvalue weighted by Crippen LogP contribution is -2.19. The minimum absolute atomic E-state index is 0.435. The van der Waals surface area contributed by atoms with Crippen molar-refractivity contribution < 1.29 is 0 Å². The van der Waals surface area contributed by atoms with E-state index in [-0.39, 0.29) is 0 Å². The van der Waals surface area contributed by atoms with Gasteiger partial charge in [-0.05, 0) is 69.8 Å². The molecule has 5 unspecified atom stereocenters. The zero-order valence-electron chi connectivity index (χ0n) is 29.5. The van der Waals surface area contributed by atoms with Crippen LogP contribution in [0.4, 0.5) is 0 Å². The quantitative estimate of drug-likeness (QED) is 0.180. The highest BCUT2D eigenvalue weighted by molar-refractivity contribution is 7.22. The first kappa shape index (κ1) is 29.3. The maximum absolute atomic E-state index is 5.70. The SMILES string of the molecule is CC12C3c4nc5c(-c6ccc(-c7nc8ccccc8s7)c7c6C=CCC7)sc(-c6ccc(-c7nc8ccccc8s7)c7ccccc67)c5nc4C4C1(C)C342. The molecule has 0 saturated heterocycles. The monoisotopic (exact) mass is 746 g/mol. The Morgan fingerprint density at radius 2 is 1.09 bits per heavy atom. The van der Waals surface area contributed by atoms with Crippen molar-refractivity contribution in [2.45, 2.75) is 38.5 Å². The Morgan fingerprint density at radius 1 is 0.556 bits per heavy atom. The van der Waals surface area contributed by atoms with Crippen molar-refractivity contribution in [3.8, 4) is 42.0 Å². The van der Waals surface area contributed by atoms with Crippen molar-refractivity contribution in [3.63, 3.8) is 0 Å². The van der Waals surface area contributed by atoms with Crippen LogP contribution in [0.25, 0.3) is 90.3 Å². The molecule has 5 aliphatic rings. The Hall–Kier alpha value is -5.08. The fourth-order valence-electron chi connectivity index (χ4n) is 11.9. The molecule has 54 heavy (non-hydrogen) atoms. The Balaban J connectivity index is 1.01. The average molecular weight is 747 g/mol. The normalized spacial score (nSPS) is 26.3. The second kappa shape index (κ2) is 9.40. The van der Waals surface area contributed by atoms with Crippen LogP contribution in [0, 0.1) is 16.2 Å². The number of para-hydroxylation sites is 2. The molecule has 0 radical (unpaired) electrons. The largest absolute Gasteiger partial charge is 0.247 e. The van der Waals surface area contributed by atoms with Crippen molar-refractivity contribution in [2.24, 2.45) is 16.2 Å². The molecule has 5 aromatic carbocycles. The van der Waals surface area contributed by atoms with E-state index >= 15 is 0 Å². The highest BCUT2D eigenvalue weighted by atomic mass is 32.1. The Morgan fingerprint density at radius 3 is 1.76 bits per heavy atom. The van der Waals surface area contributed by atoms with Crippen LogP contribution < -0.4 is 0 Å². The zero-order chi connectivity index (χ0) is 35.3. The van der Waals surface area contributed by atoms with E-state index < -0.39 is 0 Å². The summed E-state index contributed by atoms with van der Waals surface area (Å²) >= 11 is 5.44. The Bertz CT molecular complexity index is 3190. The van der Waals surface area contributed by atoms with Gasteiger partial charge in [0.25, 0.3) is 0 Å². The number of nitrogens with zero attached hydrogens (tertiary/aromatic N) is 4. The van der Waals surface area contributed by atoms with Gasteiger partial charge in [-0.3, -0.25) is 0 Å². The van der Waals surface area contributed by atoms with Gasteiger partial charge in [-0.15, -0.1) is 34.0 Å². The molecular formula is C47H30N4S3. The molecule has 1 spiro atoms. The molecular weight excluding hydrogens is 717 g/mol. The summed E-state index contributed by atoms with van der Waals surface area (Å²) in [5.41, 5.74) is 15.8. The smallest absolute Gasteiger partial charge is 0.125 e. The summed E-state index contributed by atoms with van der Waals surface area (Å²) < 4.78 is 2.45. The molecule has 0 aliphatic heterocycles.